The Kier molecular flexibility index (Phi) is 30.2. The molecule has 0 aromatic rings. The highest BCUT2D eigenvalue weighted by Gasteiger charge is 2.27. The summed E-state index contributed by atoms with van der Waals surface area (Å²) in [6, 6.07) is -0.764. The highest BCUT2D eigenvalue weighted by molar-refractivity contribution is 7.47. The normalized spacial score (nSPS) is 14.5. The first-order valence-electron chi connectivity index (χ1n) is 17.7. The molecule has 0 aromatic carbocycles. The predicted octanol–water partition coefficient (Wildman–Crippen LogP) is 8.72. The van der Waals surface area contributed by atoms with Crippen molar-refractivity contribution in [3.05, 3.63) is 0 Å². The van der Waals surface area contributed by atoms with E-state index in [9.17, 15) is 19.4 Å². The Morgan fingerprint density at radius 2 is 1.10 bits per heavy atom. The molecule has 0 fully saturated rings. The van der Waals surface area contributed by atoms with E-state index in [1.54, 1.807) is 0 Å². The van der Waals surface area contributed by atoms with Crippen molar-refractivity contribution >= 4 is 13.7 Å². The molecule has 0 saturated heterocycles. The lowest BCUT2D eigenvalue weighted by Crippen LogP contribution is -2.46. The molecule has 42 heavy (non-hydrogen) atoms. The zero-order valence-electron chi connectivity index (χ0n) is 27.5. The Morgan fingerprint density at radius 1 is 0.690 bits per heavy atom. The molecule has 1 amide bonds. The summed E-state index contributed by atoms with van der Waals surface area (Å²) >= 11 is 0. The van der Waals surface area contributed by atoms with Gasteiger partial charge < -0.3 is 21.1 Å². The maximum atomic E-state index is 12.6. The second kappa shape index (κ2) is 30.5. The van der Waals surface area contributed by atoms with Crippen LogP contribution in [0.3, 0.4) is 0 Å². The Hall–Kier alpha value is -0.500. The van der Waals surface area contributed by atoms with Gasteiger partial charge in [-0.05, 0) is 12.8 Å². The van der Waals surface area contributed by atoms with E-state index < -0.39 is 20.0 Å². The van der Waals surface area contributed by atoms with Gasteiger partial charge in [-0.15, -0.1) is 0 Å². The molecular weight excluding hydrogens is 551 g/mol. The second-order valence-corrected chi connectivity index (χ2v) is 13.5. The van der Waals surface area contributed by atoms with Crippen LogP contribution in [-0.2, 0) is 18.4 Å². The summed E-state index contributed by atoms with van der Waals surface area (Å²) in [6.45, 7) is 4.17. The lowest BCUT2D eigenvalue weighted by Gasteiger charge is -2.25. The summed E-state index contributed by atoms with van der Waals surface area (Å²) in [5.41, 5.74) is 5.34. The molecule has 8 nitrogen and oxygen atoms in total. The zero-order valence-corrected chi connectivity index (χ0v) is 28.4. The second-order valence-electron chi connectivity index (χ2n) is 12.1. The first kappa shape index (κ1) is 41.5. The maximum Gasteiger partial charge on any atom is 0.472 e. The molecule has 5 N–H and O–H groups in total. The van der Waals surface area contributed by atoms with Gasteiger partial charge in [0.25, 0.3) is 0 Å². The molecule has 0 heterocycles. The average Bonchev–Trinajstić information content (AvgIpc) is 2.97. The molecule has 0 radical (unpaired) electrons. The number of unbranched alkanes of at least 4 members (excludes halogenated alkanes) is 21. The van der Waals surface area contributed by atoms with Gasteiger partial charge in [0, 0.05) is 13.0 Å². The van der Waals surface area contributed by atoms with Crippen molar-refractivity contribution in [2.45, 2.75) is 187 Å². The first-order valence-corrected chi connectivity index (χ1v) is 19.1. The quantitative estimate of drug-likeness (QED) is 0.0426. The number of hydrogen-bond acceptors (Lipinski definition) is 6. The van der Waals surface area contributed by atoms with Gasteiger partial charge in [-0.25, -0.2) is 4.57 Å². The molecular formula is C33H69N2O6P. The minimum absolute atomic E-state index is 0.0918. The predicted molar refractivity (Wildman–Crippen MR) is 175 cm³/mol. The number of carbonyl (C=O) groups is 1. The van der Waals surface area contributed by atoms with Crippen LogP contribution in [0.5, 0.6) is 0 Å². The van der Waals surface area contributed by atoms with Crippen molar-refractivity contribution in [1.82, 2.24) is 5.32 Å². The number of aliphatic hydroxyl groups excluding tert-OH is 1. The molecule has 0 bridgehead atoms. The van der Waals surface area contributed by atoms with E-state index in [1.807, 2.05) is 0 Å². The fourth-order valence-corrected chi connectivity index (χ4v) is 6.01. The van der Waals surface area contributed by atoms with Crippen LogP contribution >= 0.6 is 7.82 Å². The lowest BCUT2D eigenvalue weighted by molar-refractivity contribution is -0.123. The SMILES string of the molecule is CCCCCCCCCCCCCCCCC(=O)NC(COP(=O)(O)OCCN)C(O)CCCCCCCCCCC. The van der Waals surface area contributed by atoms with Crippen molar-refractivity contribution in [2.24, 2.45) is 5.73 Å². The topological polar surface area (TPSA) is 131 Å². The molecule has 0 aliphatic rings. The third-order valence-electron chi connectivity index (χ3n) is 7.96. The van der Waals surface area contributed by atoms with Gasteiger partial charge in [0.1, 0.15) is 0 Å². The molecule has 0 rings (SSSR count). The van der Waals surface area contributed by atoms with Gasteiger partial charge in [-0.3, -0.25) is 13.8 Å². The first-order chi connectivity index (χ1) is 20.4. The molecule has 0 aromatic heterocycles. The molecule has 0 spiro atoms. The number of nitrogens with two attached hydrogens (primary N) is 1. The van der Waals surface area contributed by atoms with Crippen molar-refractivity contribution < 1.29 is 28.4 Å². The van der Waals surface area contributed by atoms with Gasteiger partial charge in [0.15, 0.2) is 0 Å². The van der Waals surface area contributed by atoms with Crippen molar-refractivity contribution in [3.8, 4) is 0 Å². The van der Waals surface area contributed by atoms with E-state index in [1.165, 1.54) is 109 Å². The van der Waals surface area contributed by atoms with Crippen LogP contribution in [-0.4, -0.2) is 47.8 Å². The van der Waals surface area contributed by atoms with Gasteiger partial charge in [-0.2, -0.15) is 0 Å². The average molecular weight is 621 g/mol. The summed E-state index contributed by atoms with van der Waals surface area (Å²) < 4.78 is 22.0. The Morgan fingerprint density at radius 3 is 1.52 bits per heavy atom. The summed E-state index contributed by atoms with van der Waals surface area (Å²) in [6.07, 6.45) is 28.2. The van der Waals surface area contributed by atoms with Crippen LogP contribution in [0.2, 0.25) is 0 Å². The van der Waals surface area contributed by atoms with E-state index in [0.29, 0.717) is 12.8 Å². The summed E-state index contributed by atoms with van der Waals surface area (Å²) in [7, 11) is -4.29. The van der Waals surface area contributed by atoms with Crippen molar-refractivity contribution in [1.29, 1.82) is 0 Å². The van der Waals surface area contributed by atoms with E-state index >= 15 is 0 Å². The maximum absolute atomic E-state index is 12.6. The highest BCUT2D eigenvalue weighted by atomic mass is 31.2. The minimum Gasteiger partial charge on any atom is -0.391 e. The number of hydrogen-bond donors (Lipinski definition) is 4. The van der Waals surface area contributed by atoms with Crippen LogP contribution < -0.4 is 11.1 Å². The van der Waals surface area contributed by atoms with Crippen LogP contribution in [0.1, 0.15) is 174 Å². The smallest absolute Gasteiger partial charge is 0.391 e. The molecule has 9 heteroatoms. The number of nitrogens with one attached hydrogen (secondary N) is 1. The van der Waals surface area contributed by atoms with Crippen molar-refractivity contribution in [2.75, 3.05) is 19.8 Å². The van der Waals surface area contributed by atoms with Crippen LogP contribution in [0.25, 0.3) is 0 Å². The van der Waals surface area contributed by atoms with E-state index in [-0.39, 0.29) is 25.7 Å². The zero-order chi connectivity index (χ0) is 31.2. The fraction of sp³-hybridized carbons (Fsp3) is 0.970. The number of phosphoric acid groups is 1. The summed E-state index contributed by atoms with van der Waals surface area (Å²) in [5.74, 6) is -0.163. The highest BCUT2D eigenvalue weighted by Crippen LogP contribution is 2.43. The third kappa shape index (κ3) is 28.3. The number of phosphoric ester groups is 1. The van der Waals surface area contributed by atoms with E-state index in [2.05, 4.69) is 19.2 Å². The summed E-state index contributed by atoms with van der Waals surface area (Å²) in [5, 5.41) is 13.6. The molecule has 3 atom stereocenters. The number of amides is 1. The van der Waals surface area contributed by atoms with Gasteiger partial charge in [-0.1, -0.05) is 155 Å². The van der Waals surface area contributed by atoms with E-state index in [0.717, 1.165) is 38.5 Å². The molecule has 252 valence electrons. The van der Waals surface area contributed by atoms with Crippen molar-refractivity contribution in [3.63, 3.8) is 0 Å². The minimum atomic E-state index is -4.29. The fourth-order valence-electron chi connectivity index (χ4n) is 5.25. The Bertz CT molecular complexity index is 640. The Labute approximate surface area is 259 Å². The molecule has 0 aliphatic carbocycles. The number of carbonyl (C=O) groups excluding carboxylic acids is 1. The van der Waals surface area contributed by atoms with E-state index in [4.69, 9.17) is 14.8 Å². The standard InChI is InChI=1S/C33H69N2O6P/c1-3-5-7-9-11-13-14-15-16-17-19-21-23-25-27-33(37)35-31(30-41-42(38,39)40-29-28-34)32(36)26-24-22-20-18-12-10-8-6-4-2/h31-32,36H,3-30,34H2,1-2H3,(H,35,37)(H,38,39). The van der Waals surface area contributed by atoms with Crippen LogP contribution in [0.15, 0.2) is 0 Å². The molecule has 0 aliphatic heterocycles. The van der Waals surface area contributed by atoms with Crippen LogP contribution in [0, 0.1) is 0 Å². The molecule has 3 unspecified atom stereocenters. The number of aliphatic hydroxyl groups is 1. The number of rotatable bonds is 33. The summed E-state index contributed by atoms with van der Waals surface area (Å²) in [4.78, 5) is 22.5. The third-order valence-corrected chi connectivity index (χ3v) is 8.95. The van der Waals surface area contributed by atoms with Crippen LogP contribution in [0.4, 0.5) is 0 Å². The van der Waals surface area contributed by atoms with Gasteiger partial charge in [0.2, 0.25) is 5.91 Å². The molecule has 0 saturated carbocycles. The monoisotopic (exact) mass is 620 g/mol. The van der Waals surface area contributed by atoms with Gasteiger partial charge >= 0.3 is 7.82 Å². The van der Waals surface area contributed by atoms with Gasteiger partial charge in [0.05, 0.1) is 25.4 Å². The Balaban J connectivity index is 4.23. The lowest BCUT2D eigenvalue weighted by atomic mass is 10.0. The largest absolute Gasteiger partial charge is 0.472 e.